The van der Waals surface area contributed by atoms with Gasteiger partial charge in [0, 0.05) is 41.8 Å². The lowest BCUT2D eigenvalue weighted by molar-refractivity contribution is -0.134. The minimum absolute atomic E-state index is 0.0514. The van der Waals surface area contributed by atoms with E-state index in [-0.39, 0.29) is 17.4 Å². The molecule has 29 heavy (non-hydrogen) atoms. The van der Waals surface area contributed by atoms with Crippen molar-refractivity contribution >= 4 is 29.7 Å². The Morgan fingerprint density at radius 3 is 2.59 bits per heavy atom. The average Bonchev–Trinajstić information content (AvgIpc) is 2.68. The largest absolute Gasteiger partial charge is 0.341 e. The molecule has 0 aliphatic carbocycles. The number of likely N-dealkylation sites (N-methyl/N-ethyl adjacent to an activating group) is 1. The van der Waals surface area contributed by atoms with Crippen LogP contribution in [-0.2, 0) is 11.3 Å². The lowest BCUT2D eigenvalue weighted by atomic mass is 9.83. The zero-order chi connectivity index (χ0) is 20.5. The van der Waals surface area contributed by atoms with E-state index in [1.165, 1.54) is 0 Å². The summed E-state index contributed by atoms with van der Waals surface area (Å²) in [7, 11) is 3.83. The van der Waals surface area contributed by atoms with Gasteiger partial charge in [0.1, 0.15) is 0 Å². The van der Waals surface area contributed by atoms with E-state index in [1.54, 1.807) is 0 Å². The Morgan fingerprint density at radius 2 is 1.86 bits per heavy atom. The Labute approximate surface area is 176 Å². The third-order valence-electron chi connectivity index (χ3n) is 5.76. The number of likely N-dealkylation sites (tertiary alicyclic amines) is 1. The molecule has 2 atom stereocenters. The van der Waals surface area contributed by atoms with Crippen molar-refractivity contribution in [1.29, 1.82) is 0 Å². The normalized spacial score (nSPS) is 20.9. The number of fused-ring (bicyclic) bond motifs is 4. The van der Waals surface area contributed by atoms with Crippen LogP contribution in [0.4, 0.5) is 0 Å². The third-order valence-corrected chi connectivity index (χ3v) is 6.02. The monoisotopic (exact) mass is 411 g/mol. The number of hydrogen-bond acceptors (Lipinski definition) is 3. The van der Waals surface area contributed by atoms with Gasteiger partial charge in [-0.3, -0.25) is 9.59 Å². The summed E-state index contributed by atoms with van der Waals surface area (Å²) in [6.45, 7) is 2.54. The van der Waals surface area contributed by atoms with Crippen molar-refractivity contribution in [3.8, 4) is 0 Å². The molecule has 1 amide bonds. The van der Waals surface area contributed by atoms with Crippen molar-refractivity contribution in [2.75, 3.05) is 33.7 Å². The van der Waals surface area contributed by atoms with Gasteiger partial charge in [0.15, 0.2) is 0 Å². The third kappa shape index (κ3) is 4.31. The Bertz CT molecular complexity index is 994. The van der Waals surface area contributed by atoms with Crippen molar-refractivity contribution in [2.24, 2.45) is 5.92 Å². The van der Waals surface area contributed by atoms with Crippen LogP contribution in [0.15, 0.2) is 41.2 Å². The average molecular weight is 412 g/mol. The van der Waals surface area contributed by atoms with Crippen molar-refractivity contribution in [1.82, 2.24) is 14.4 Å². The number of benzene rings is 1. The number of rotatable bonds is 4. The van der Waals surface area contributed by atoms with E-state index in [0.717, 1.165) is 24.2 Å². The molecule has 1 aromatic carbocycles. The summed E-state index contributed by atoms with van der Waals surface area (Å²) >= 11 is 5.93. The molecule has 3 heterocycles. The van der Waals surface area contributed by atoms with Crippen LogP contribution >= 0.6 is 11.6 Å². The van der Waals surface area contributed by atoms with Crippen molar-refractivity contribution < 1.29 is 4.79 Å². The van der Waals surface area contributed by atoms with Crippen LogP contribution in [0, 0.1) is 5.92 Å². The van der Waals surface area contributed by atoms with E-state index < -0.39 is 0 Å². The molecule has 0 unspecified atom stereocenters. The highest BCUT2D eigenvalue weighted by molar-refractivity contribution is 6.30. The summed E-state index contributed by atoms with van der Waals surface area (Å²) in [5, 5.41) is 0.695. The molecule has 1 saturated heterocycles. The van der Waals surface area contributed by atoms with Gasteiger partial charge >= 0.3 is 0 Å². The molecule has 152 valence electrons. The fourth-order valence-corrected chi connectivity index (χ4v) is 4.55. The number of amides is 1. The van der Waals surface area contributed by atoms with Crippen molar-refractivity contribution in [3.63, 3.8) is 0 Å². The van der Waals surface area contributed by atoms with Gasteiger partial charge in [-0.2, -0.15) is 0 Å². The Balaban J connectivity index is 1.56. The van der Waals surface area contributed by atoms with Crippen LogP contribution in [0.5, 0.6) is 0 Å². The molecular formula is C23H26ClN3O2. The molecule has 1 fully saturated rings. The van der Waals surface area contributed by atoms with Crippen LogP contribution < -0.4 is 5.56 Å². The van der Waals surface area contributed by atoms with Gasteiger partial charge in [-0.1, -0.05) is 29.8 Å². The van der Waals surface area contributed by atoms with E-state index in [9.17, 15) is 9.59 Å². The number of pyridine rings is 1. The van der Waals surface area contributed by atoms with Crippen LogP contribution in [0.2, 0.25) is 5.02 Å². The van der Waals surface area contributed by atoms with Gasteiger partial charge in [0.2, 0.25) is 5.91 Å². The number of nitrogens with zero attached hydrogens (tertiary/aromatic N) is 3. The summed E-state index contributed by atoms with van der Waals surface area (Å²) in [5.41, 5.74) is 2.79. The van der Waals surface area contributed by atoms with Gasteiger partial charge in [-0.15, -0.1) is 0 Å². The van der Waals surface area contributed by atoms with Gasteiger partial charge in [0.25, 0.3) is 5.56 Å². The molecule has 0 N–H and O–H groups in total. The van der Waals surface area contributed by atoms with Gasteiger partial charge in [0.05, 0.1) is 6.54 Å². The molecule has 2 aliphatic heterocycles. The topological polar surface area (TPSA) is 45.6 Å². The predicted molar refractivity (Wildman–Crippen MR) is 117 cm³/mol. The van der Waals surface area contributed by atoms with Crippen molar-refractivity contribution in [3.05, 3.63) is 68.6 Å². The number of aromatic nitrogens is 1. The maximum absolute atomic E-state index is 13.1. The first-order chi connectivity index (χ1) is 13.9. The molecule has 0 saturated carbocycles. The fourth-order valence-electron chi connectivity index (χ4n) is 4.42. The summed E-state index contributed by atoms with van der Waals surface area (Å²) in [6.07, 6.45) is 4.85. The summed E-state index contributed by atoms with van der Waals surface area (Å²) in [4.78, 5) is 29.5. The van der Waals surface area contributed by atoms with Crippen molar-refractivity contribution in [2.45, 2.75) is 18.9 Å². The SMILES string of the molecule is CN(C)CC(=O)N1C[C@@H]2C[C@H](C1)c1ccc(/C=C/c3ccc(Cl)cc3)c(=O)n1C2. The molecule has 0 radical (unpaired) electrons. The minimum atomic E-state index is 0.0514. The smallest absolute Gasteiger partial charge is 0.258 e. The van der Waals surface area contributed by atoms with Crippen LogP contribution in [0.25, 0.3) is 12.2 Å². The highest BCUT2D eigenvalue weighted by Crippen LogP contribution is 2.35. The Hall–Kier alpha value is -2.37. The van der Waals surface area contributed by atoms with Gasteiger partial charge in [-0.25, -0.2) is 0 Å². The molecule has 5 nitrogen and oxygen atoms in total. The molecule has 6 heteroatoms. The molecule has 2 aliphatic rings. The van der Waals surface area contributed by atoms with E-state index in [4.69, 9.17) is 11.6 Å². The lowest BCUT2D eigenvalue weighted by Crippen LogP contribution is -2.51. The van der Waals surface area contributed by atoms with E-state index in [2.05, 4.69) is 6.07 Å². The molecule has 2 bridgehead atoms. The number of carbonyl (C=O) groups excluding carboxylic acids is 1. The Morgan fingerprint density at radius 1 is 1.10 bits per heavy atom. The van der Waals surface area contributed by atoms with Crippen LogP contribution in [0.3, 0.4) is 0 Å². The standard InChI is InChI=1S/C23H26ClN3O2/c1-25(2)15-22(28)26-12-17-11-19(14-26)21-10-7-18(23(29)27(21)13-17)6-3-16-4-8-20(24)9-5-16/h3-10,17,19H,11-15H2,1-2H3/b6-3+/t17-,19+/m0/s1. The second kappa shape index (κ2) is 8.17. The van der Waals surface area contributed by atoms with Crippen LogP contribution in [0.1, 0.15) is 29.2 Å². The second-order valence-corrected chi connectivity index (χ2v) is 8.79. The first-order valence-corrected chi connectivity index (χ1v) is 10.4. The summed E-state index contributed by atoms with van der Waals surface area (Å²) in [5.74, 6) is 0.735. The summed E-state index contributed by atoms with van der Waals surface area (Å²) in [6, 6.07) is 11.5. The Kier molecular flexibility index (Phi) is 5.61. The zero-order valence-corrected chi connectivity index (χ0v) is 17.6. The summed E-state index contributed by atoms with van der Waals surface area (Å²) < 4.78 is 1.92. The molecule has 1 aromatic heterocycles. The first-order valence-electron chi connectivity index (χ1n) is 10.0. The van der Waals surface area contributed by atoms with Gasteiger partial charge in [-0.05, 0) is 62.3 Å². The molecule has 0 spiro atoms. The van der Waals surface area contributed by atoms with E-state index >= 15 is 0 Å². The second-order valence-electron chi connectivity index (χ2n) is 8.35. The predicted octanol–water partition coefficient (Wildman–Crippen LogP) is 3.18. The zero-order valence-electron chi connectivity index (χ0n) is 16.8. The van der Waals surface area contributed by atoms with Crippen LogP contribution in [-0.4, -0.2) is 54.0 Å². The number of halogens is 1. The number of carbonyl (C=O) groups is 1. The lowest BCUT2D eigenvalue weighted by Gasteiger charge is -2.43. The first kappa shape index (κ1) is 19.9. The molecule has 2 aromatic rings. The van der Waals surface area contributed by atoms with E-state index in [1.807, 2.05) is 70.9 Å². The minimum Gasteiger partial charge on any atom is -0.341 e. The van der Waals surface area contributed by atoms with Gasteiger partial charge < -0.3 is 14.4 Å². The quantitative estimate of drug-likeness (QED) is 0.776. The molecule has 4 rings (SSSR count). The van der Waals surface area contributed by atoms with E-state index in [0.29, 0.717) is 36.1 Å². The highest BCUT2D eigenvalue weighted by Gasteiger charge is 2.36. The number of piperidine rings is 1. The molecular weight excluding hydrogens is 386 g/mol. The fraction of sp³-hybridized carbons (Fsp3) is 0.391. The maximum atomic E-state index is 13.1. The number of hydrogen-bond donors (Lipinski definition) is 0. The highest BCUT2D eigenvalue weighted by atomic mass is 35.5. The maximum Gasteiger partial charge on any atom is 0.258 e.